The molecule has 2 heterocycles. The fourth-order valence-electron chi connectivity index (χ4n) is 6.43. The molecule has 1 fully saturated rings. The van der Waals surface area contributed by atoms with E-state index in [4.69, 9.17) is 52.1 Å². The van der Waals surface area contributed by atoms with Crippen LogP contribution in [0.4, 0.5) is 5.69 Å². The molecule has 366 valence electrons. The molecule has 0 radical (unpaired) electrons. The van der Waals surface area contributed by atoms with Gasteiger partial charge in [0, 0.05) is 19.4 Å². The average Bonchev–Trinajstić information content (AvgIpc) is 3.57. The van der Waals surface area contributed by atoms with Crippen molar-refractivity contribution in [1.82, 2.24) is 10.2 Å². The second kappa shape index (κ2) is 33.7. The van der Waals surface area contributed by atoms with Gasteiger partial charge in [0.1, 0.15) is 12.6 Å². The van der Waals surface area contributed by atoms with Crippen molar-refractivity contribution >= 4 is 41.2 Å². The Morgan fingerprint density at radius 1 is 0.530 bits per heavy atom. The molecule has 2 aromatic carbocycles. The lowest BCUT2D eigenvalue weighted by Gasteiger charge is -2.27. The van der Waals surface area contributed by atoms with Gasteiger partial charge >= 0.3 is 5.97 Å². The van der Waals surface area contributed by atoms with Crippen molar-refractivity contribution in [2.24, 2.45) is 0 Å². The molecule has 5 amide bonds. The Hall–Kier alpha value is -4.74. The molecule has 1 atom stereocenters. The van der Waals surface area contributed by atoms with Crippen LogP contribution in [0.2, 0.25) is 0 Å². The largest absolute Gasteiger partial charge is 0.460 e. The first-order valence-electron chi connectivity index (χ1n) is 22.5. The van der Waals surface area contributed by atoms with E-state index in [0.29, 0.717) is 144 Å². The van der Waals surface area contributed by atoms with E-state index >= 15 is 0 Å². The average molecular weight is 932 g/mol. The minimum Gasteiger partial charge on any atom is -0.460 e. The number of fused-ring (bicyclic) bond motifs is 1. The summed E-state index contributed by atoms with van der Waals surface area (Å²) >= 11 is 0. The SMILES string of the molecule is O=C1CCC(N2C(=O)c3cccc(NC(=O)CCCCCOCCOCCOCCOCCOCCOCCOCCOCCOCCOCCOC(=O)c4ccccc4)c3C2=O)C(=O)N1. The number of carbonyl (C=O) groups excluding carboxylic acids is 6. The number of imide groups is 2. The van der Waals surface area contributed by atoms with Gasteiger partial charge in [-0.3, -0.25) is 34.2 Å². The third-order valence-corrected chi connectivity index (χ3v) is 9.75. The molecule has 2 aliphatic heterocycles. The van der Waals surface area contributed by atoms with Crippen LogP contribution in [-0.4, -0.2) is 185 Å². The fraction of sp³-hybridized carbons (Fsp3) is 0.609. The van der Waals surface area contributed by atoms with Crippen molar-refractivity contribution < 1.29 is 80.9 Å². The monoisotopic (exact) mass is 931 g/mol. The fourth-order valence-corrected chi connectivity index (χ4v) is 6.43. The van der Waals surface area contributed by atoms with Gasteiger partial charge in [0.2, 0.25) is 17.7 Å². The van der Waals surface area contributed by atoms with Crippen molar-refractivity contribution in [2.45, 2.75) is 44.6 Å². The van der Waals surface area contributed by atoms with E-state index in [1.807, 2.05) is 6.07 Å². The number of unbranched alkanes of at least 4 members (excludes halogenated alkanes) is 2. The van der Waals surface area contributed by atoms with E-state index in [0.717, 1.165) is 17.7 Å². The summed E-state index contributed by atoms with van der Waals surface area (Å²) in [7, 11) is 0. The first-order valence-corrected chi connectivity index (χ1v) is 22.5. The molecule has 0 aliphatic carbocycles. The molecule has 0 aromatic heterocycles. The van der Waals surface area contributed by atoms with Crippen LogP contribution in [0.5, 0.6) is 0 Å². The maximum absolute atomic E-state index is 13.2. The number of rotatable bonds is 39. The molecule has 0 saturated carbocycles. The number of esters is 1. The number of hydrogen-bond donors (Lipinski definition) is 2. The topological polar surface area (TPSA) is 231 Å². The number of benzene rings is 2. The van der Waals surface area contributed by atoms with E-state index in [9.17, 15) is 28.8 Å². The zero-order valence-electron chi connectivity index (χ0n) is 37.7. The van der Waals surface area contributed by atoms with Crippen LogP contribution in [0.1, 0.15) is 69.6 Å². The zero-order chi connectivity index (χ0) is 46.9. The molecule has 1 saturated heterocycles. The van der Waals surface area contributed by atoms with Gasteiger partial charge in [0.15, 0.2) is 0 Å². The van der Waals surface area contributed by atoms with Crippen molar-refractivity contribution in [2.75, 3.05) is 144 Å². The van der Waals surface area contributed by atoms with Crippen molar-refractivity contribution in [3.05, 3.63) is 65.2 Å². The normalized spacial score (nSPS) is 14.7. The molecule has 2 aliphatic rings. The maximum atomic E-state index is 13.2. The summed E-state index contributed by atoms with van der Waals surface area (Å²) in [5.74, 6) is -3.10. The molecular weight excluding hydrogens is 867 g/mol. The standard InChI is InChI=1S/C46H65N3O17/c50-40(47-38-11-7-10-37-42(38)45(54)49(44(37)53)39-13-14-41(51)48-43(39)52)12-5-2-6-15-56-16-17-57-18-19-58-20-21-59-22-23-60-24-25-61-26-27-62-28-29-63-30-31-64-32-33-65-34-35-66-46(55)36-8-3-1-4-9-36/h1,3-4,7-11,39H,2,5-6,12-35H2,(H,47,50)(H,48,51,52). The summed E-state index contributed by atoms with van der Waals surface area (Å²) in [6.45, 7) is 9.07. The molecule has 0 spiro atoms. The highest BCUT2D eigenvalue weighted by atomic mass is 16.6. The highest BCUT2D eigenvalue weighted by Crippen LogP contribution is 2.32. The summed E-state index contributed by atoms with van der Waals surface area (Å²) in [5.41, 5.74) is 0.883. The quantitative estimate of drug-likeness (QED) is 0.0558. The molecule has 66 heavy (non-hydrogen) atoms. The van der Waals surface area contributed by atoms with Crippen molar-refractivity contribution in [1.29, 1.82) is 0 Å². The third-order valence-electron chi connectivity index (χ3n) is 9.75. The number of hydrogen-bond acceptors (Lipinski definition) is 17. The van der Waals surface area contributed by atoms with E-state index in [2.05, 4.69) is 10.6 Å². The molecule has 20 heteroatoms. The summed E-state index contributed by atoms with van der Waals surface area (Å²) in [6, 6.07) is 12.3. The van der Waals surface area contributed by atoms with Crippen LogP contribution < -0.4 is 10.6 Å². The highest BCUT2D eigenvalue weighted by Gasteiger charge is 2.45. The van der Waals surface area contributed by atoms with Crippen LogP contribution in [0, 0.1) is 0 Å². The van der Waals surface area contributed by atoms with Gasteiger partial charge in [0.05, 0.1) is 148 Å². The lowest BCUT2D eigenvalue weighted by atomic mass is 10.0. The Balaban J connectivity index is 0.805. The van der Waals surface area contributed by atoms with E-state index < -0.39 is 29.7 Å². The van der Waals surface area contributed by atoms with Gasteiger partial charge in [0.25, 0.3) is 11.8 Å². The Bertz CT molecular complexity index is 1750. The van der Waals surface area contributed by atoms with Crippen molar-refractivity contribution in [3.8, 4) is 0 Å². The Labute approximate surface area is 385 Å². The van der Waals surface area contributed by atoms with Gasteiger partial charge in [-0.05, 0) is 43.5 Å². The molecule has 2 aromatic rings. The maximum Gasteiger partial charge on any atom is 0.338 e. The highest BCUT2D eigenvalue weighted by molar-refractivity contribution is 6.26. The lowest BCUT2D eigenvalue weighted by molar-refractivity contribution is -0.136. The molecule has 0 bridgehead atoms. The Morgan fingerprint density at radius 2 is 1.00 bits per heavy atom. The molecule has 20 nitrogen and oxygen atoms in total. The predicted molar refractivity (Wildman–Crippen MR) is 235 cm³/mol. The number of nitrogens with zero attached hydrogens (tertiary/aromatic N) is 1. The number of amides is 5. The van der Waals surface area contributed by atoms with Crippen LogP contribution in [0.15, 0.2) is 48.5 Å². The van der Waals surface area contributed by atoms with E-state index in [-0.39, 0.29) is 54.6 Å². The number of ether oxygens (including phenoxy) is 11. The molecule has 1 unspecified atom stereocenters. The van der Waals surface area contributed by atoms with Gasteiger partial charge in [-0.15, -0.1) is 0 Å². The predicted octanol–water partition coefficient (Wildman–Crippen LogP) is 2.61. The van der Waals surface area contributed by atoms with E-state index in [1.165, 1.54) is 6.07 Å². The van der Waals surface area contributed by atoms with Gasteiger partial charge in [-0.2, -0.15) is 0 Å². The third kappa shape index (κ3) is 21.3. The van der Waals surface area contributed by atoms with Crippen LogP contribution >= 0.6 is 0 Å². The minimum atomic E-state index is -1.08. The van der Waals surface area contributed by atoms with Crippen molar-refractivity contribution in [3.63, 3.8) is 0 Å². The second-order valence-electron chi connectivity index (χ2n) is 14.7. The van der Waals surface area contributed by atoms with Gasteiger partial charge in [-0.1, -0.05) is 30.7 Å². The summed E-state index contributed by atoms with van der Waals surface area (Å²) in [6.07, 6.45) is 2.42. The Morgan fingerprint density at radius 3 is 1.48 bits per heavy atom. The number of piperidine rings is 1. The summed E-state index contributed by atoms with van der Waals surface area (Å²) in [4.78, 5) is 75.4. The Kier molecular flexibility index (Phi) is 27.5. The first-order chi connectivity index (χ1) is 32.4. The van der Waals surface area contributed by atoms with Crippen LogP contribution in [0.3, 0.4) is 0 Å². The lowest BCUT2D eigenvalue weighted by Crippen LogP contribution is -2.54. The summed E-state index contributed by atoms with van der Waals surface area (Å²) < 4.78 is 60.1. The number of nitrogens with one attached hydrogen (secondary N) is 2. The van der Waals surface area contributed by atoms with Gasteiger partial charge < -0.3 is 57.4 Å². The minimum absolute atomic E-state index is 0.0244. The molecule has 4 rings (SSSR count). The molecule has 2 N–H and O–H groups in total. The van der Waals surface area contributed by atoms with Crippen LogP contribution in [-0.2, 0) is 66.5 Å². The second-order valence-corrected chi connectivity index (χ2v) is 14.7. The molecular formula is C46H65N3O17. The van der Waals surface area contributed by atoms with Gasteiger partial charge in [-0.25, -0.2) is 4.79 Å². The first kappa shape index (κ1) is 53.9. The zero-order valence-corrected chi connectivity index (χ0v) is 37.7. The smallest absolute Gasteiger partial charge is 0.338 e. The van der Waals surface area contributed by atoms with Crippen LogP contribution in [0.25, 0.3) is 0 Å². The summed E-state index contributed by atoms with van der Waals surface area (Å²) in [5, 5.41) is 4.90. The number of carbonyl (C=O) groups is 6. The van der Waals surface area contributed by atoms with E-state index in [1.54, 1.807) is 36.4 Å². The number of anilines is 1.